The van der Waals surface area contributed by atoms with E-state index in [1.165, 1.54) is 0 Å². The number of benzene rings is 1. The highest BCUT2D eigenvalue weighted by atomic mass is 35.5. The van der Waals surface area contributed by atoms with Crippen molar-refractivity contribution in [3.8, 4) is 5.75 Å². The quantitative estimate of drug-likeness (QED) is 0.920. The Morgan fingerprint density at radius 1 is 1.40 bits per heavy atom. The van der Waals surface area contributed by atoms with E-state index in [1.54, 1.807) is 36.0 Å². The van der Waals surface area contributed by atoms with Crippen LogP contribution in [0.25, 0.3) is 0 Å². The molecule has 0 aliphatic heterocycles. The molecule has 0 aliphatic rings. The van der Waals surface area contributed by atoms with Crippen LogP contribution in [-0.4, -0.2) is 20.9 Å². The van der Waals surface area contributed by atoms with Gasteiger partial charge in [-0.05, 0) is 24.6 Å². The zero-order chi connectivity index (χ0) is 14.7. The minimum atomic E-state index is -0.851. The molecule has 0 unspecified atom stereocenters. The maximum absolute atomic E-state index is 10.6. The van der Waals surface area contributed by atoms with Gasteiger partial charge in [-0.1, -0.05) is 23.7 Å². The summed E-state index contributed by atoms with van der Waals surface area (Å²) in [5.41, 5.74) is 2.42. The zero-order valence-corrected chi connectivity index (χ0v) is 12.0. The van der Waals surface area contributed by atoms with Gasteiger partial charge in [-0.25, -0.2) is 0 Å². The number of halogens is 1. The van der Waals surface area contributed by atoms with Crippen LogP contribution in [0.2, 0.25) is 5.15 Å². The van der Waals surface area contributed by atoms with E-state index in [-0.39, 0.29) is 6.42 Å². The fraction of sp³-hybridized carbons (Fsp3) is 0.286. The lowest BCUT2D eigenvalue weighted by Crippen LogP contribution is -2.00. The highest BCUT2D eigenvalue weighted by Crippen LogP contribution is 2.21. The average Bonchev–Trinajstić information content (AvgIpc) is 2.62. The molecule has 0 saturated heterocycles. The minimum absolute atomic E-state index is 0.00776. The first kappa shape index (κ1) is 14.4. The van der Waals surface area contributed by atoms with Gasteiger partial charge in [-0.3, -0.25) is 9.48 Å². The number of hydrogen-bond donors (Lipinski definition) is 1. The molecular weight excluding hydrogens is 280 g/mol. The second kappa shape index (κ2) is 5.96. The standard InChI is InChI=1S/C14H15ClN2O3/c1-9-12(14(15)17(2)16-9)8-20-11-5-3-10(4-6-11)7-13(18)19/h3-6H,7-8H2,1-2H3,(H,18,19). The molecule has 2 rings (SSSR count). The number of carboxylic acid groups (broad SMARTS) is 1. The lowest BCUT2D eigenvalue weighted by atomic mass is 10.1. The summed E-state index contributed by atoms with van der Waals surface area (Å²) >= 11 is 6.12. The molecule has 0 aliphatic carbocycles. The van der Waals surface area contributed by atoms with Crippen molar-refractivity contribution in [3.05, 3.63) is 46.2 Å². The Balaban J connectivity index is 2.02. The SMILES string of the molecule is Cc1nn(C)c(Cl)c1COc1ccc(CC(=O)O)cc1. The van der Waals surface area contributed by atoms with Gasteiger partial charge in [0.1, 0.15) is 17.5 Å². The third-order valence-electron chi connectivity index (χ3n) is 2.93. The van der Waals surface area contributed by atoms with Crippen molar-refractivity contribution < 1.29 is 14.6 Å². The third-order valence-corrected chi connectivity index (χ3v) is 3.40. The van der Waals surface area contributed by atoms with Gasteiger partial charge in [0.25, 0.3) is 0 Å². The van der Waals surface area contributed by atoms with Gasteiger partial charge in [-0.15, -0.1) is 0 Å². The van der Waals surface area contributed by atoms with Gasteiger partial charge < -0.3 is 9.84 Å². The predicted molar refractivity (Wildman–Crippen MR) is 75.1 cm³/mol. The summed E-state index contributed by atoms with van der Waals surface area (Å²) in [5.74, 6) is -0.185. The highest BCUT2D eigenvalue weighted by Gasteiger charge is 2.11. The fourth-order valence-electron chi connectivity index (χ4n) is 1.87. The molecule has 20 heavy (non-hydrogen) atoms. The second-order valence-corrected chi connectivity index (χ2v) is 4.84. The van der Waals surface area contributed by atoms with Crippen molar-refractivity contribution in [3.63, 3.8) is 0 Å². The molecule has 0 saturated carbocycles. The van der Waals surface area contributed by atoms with E-state index in [9.17, 15) is 4.79 Å². The van der Waals surface area contributed by atoms with E-state index in [0.717, 1.165) is 16.8 Å². The summed E-state index contributed by atoms with van der Waals surface area (Å²) in [7, 11) is 1.78. The van der Waals surface area contributed by atoms with E-state index in [0.29, 0.717) is 17.5 Å². The first-order chi connectivity index (χ1) is 9.47. The van der Waals surface area contributed by atoms with Crippen LogP contribution < -0.4 is 4.74 Å². The predicted octanol–water partition coefficient (Wildman–Crippen LogP) is 2.59. The van der Waals surface area contributed by atoms with E-state index in [4.69, 9.17) is 21.4 Å². The Morgan fingerprint density at radius 3 is 2.55 bits per heavy atom. The van der Waals surface area contributed by atoms with Crippen molar-refractivity contribution in [2.45, 2.75) is 20.0 Å². The summed E-state index contributed by atoms with van der Waals surface area (Å²) in [5, 5.41) is 13.5. The number of carbonyl (C=O) groups is 1. The summed E-state index contributed by atoms with van der Waals surface area (Å²) in [6.07, 6.45) is 0.00776. The molecule has 106 valence electrons. The van der Waals surface area contributed by atoms with Crippen LogP contribution in [0, 0.1) is 6.92 Å². The summed E-state index contributed by atoms with van der Waals surface area (Å²) < 4.78 is 7.24. The fourth-order valence-corrected chi connectivity index (χ4v) is 2.10. The second-order valence-electron chi connectivity index (χ2n) is 4.48. The Hall–Kier alpha value is -2.01. The normalized spacial score (nSPS) is 10.6. The molecule has 0 spiro atoms. The van der Waals surface area contributed by atoms with Crippen molar-refractivity contribution in [2.75, 3.05) is 0 Å². The van der Waals surface area contributed by atoms with E-state index < -0.39 is 5.97 Å². The van der Waals surface area contributed by atoms with Crippen LogP contribution in [0.5, 0.6) is 5.75 Å². The first-order valence-corrected chi connectivity index (χ1v) is 6.46. The topological polar surface area (TPSA) is 64.4 Å². The van der Waals surface area contributed by atoms with E-state index >= 15 is 0 Å². The maximum atomic E-state index is 10.6. The monoisotopic (exact) mass is 294 g/mol. The molecule has 0 fully saturated rings. The van der Waals surface area contributed by atoms with Crippen molar-refractivity contribution in [1.29, 1.82) is 0 Å². The lowest BCUT2D eigenvalue weighted by Gasteiger charge is -2.06. The summed E-state index contributed by atoms with van der Waals surface area (Å²) in [6.45, 7) is 2.21. The van der Waals surface area contributed by atoms with E-state index in [1.807, 2.05) is 6.92 Å². The molecule has 0 amide bonds. The molecular formula is C14H15ClN2O3. The Morgan fingerprint density at radius 2 is 2.05 bits per heavy atom. The summed E-state index contributed by atoms with van der Waals surface area (Å²) in [6, 6.07) is 6.97. The Labute approximate surface area is 121 Å². The molecule has 6 heteroatoms. The molecule has 1 N–H and O–H groups in total. The molecule has 0 radical (unpaired) electrons. The van der Waals surface area contributed by atoms with Crippen LogP contribution in [-0.2, 0) is 24.9 Å². The largest absolute Gasteiger partial charge is 0.489 e. The van der Waals surface area contributed by atoms with Crippen molar-refractivity contribution >= 4 is 17.6 Å². The molecule has 5 nitrogen and oxygen atoms in total. The number of ether oxygens (including phenoxy) is 1. The van der Waals surface area contributed by atoms with Gasteiger partial charge in [0.15, 0.2) is 0 Å². The van der Waals surface area contributed by atoms with Crippen LogP contribution in [0.15, 0.2) is 24.3 Å². The van der Waals surface area contributed by atoms with Crippen LogP contribution >= 0.6 is 11.6 Å². The van der Waals surface area contributed by atoms with Gasteiger partial charge in [0.2, 0.25) is 0 Å². The Bertz CT molecular complexity index is 620. The first-order valence-electron chi connectivity index (χ1n) is 6.09. The average molecular weight is 295 g/mol. The number of aromatic nitrogens is 2. The minimum Gasteiger partial charge on any atom is -0.489 e. The van der Waals surface area contributed by atoms with Gasteiger partial charge >= 0.3 is 5.97 Å². The summed E-state index contributed by atoms with van der Waals surface area (Å²) in [4.78, 5) is 10.6. The molecule has 2 aromatic rings. The number of aliphatic carboxylic acids is 1. The molecule has 1 heterocycles. The Kier molecular flexibility index (Phi) is 4.29. The van der Waals surface area contributed by atoms with Gasteiger partial charge in [-0.2, -0.15) is 5.10 Å². The van der Waals surface area contributed by atoms with Gasteiger partial charge in [0.05, 0.1) is 12.1 Å². The smallest absolute Gasteiger partial charge is 0.307 e. The zero-order valence-electron chi connectivity index (χ0n) is 11.3. The number of rotatable bonds is 5. The number of nitrogens with zero attached hydrogens (tertiary/aromatic N) is 2. The number of carboxylic acids is 1. The number of hydrogen-bond acceptors (Lipinski definition) is 3. The number of aryl methyl sites for hydroxylation is 2. The van der Waals surface area contributed by atoms with E-state index in [2.05, 4.69) is 5.10 Å². The maximum Gasteiger partial charge on any atom is 0.307 e. The molecule has 0 atom stereocenters. The van der Waals surface area contributed by atoms with Crippen molar-refractivity contribution in [1.82, 2.24) is 9.78 Å². The molecule has 1 aromatic carbocycles. The van der Waals surface area contributed by atoms with Crippen LogP contribution in [0.4, 0.5) is 0 Å². The highest BCUT2D eigenvalue weighted by molar-refractivity contribution is 6.30. The van der Waals surface area contributed by atoms with Crippen LogP contribution in [0.1, 0.15) is 16.8 Å². The lowest BCUT2D eigenvalue weighted by molar-refractivity contribution is -0.136. The molecule has 1 aromatic heterocycles. The molecule has 0 bridgehead atoms. The van der Waals surface area contributed by atoms with Crippen LogP contribution in [0.3, 0.4) is 0 Å². The van der Waals surface area contributed by atoms with Crippen molar-refractivity contribution in [2.24, 2.45) is 7.05 Å². The van der Waals surface area contributed by atoms with Gasteiger partial charge in [0, 0.05) is 12.6 Å². The third kappa shape index (κ3) is 3.30.